The Hall–Kier alpha value is -0.350. The van der Waals surface area contributed by atoms with Gasteiger partial charge >= 0.3 is 0 Å². The number of likely N-dealkylation sites (tertiary alicyclic amines) is 1. The van der Waals surface area contributed by atoms with Crippen molar-refractivity contribution in [2.24, 2.45) is 7.05 Å². The van der Waals surface area contributed by atoms with E-state index < -0.39 is 0 Å². The summed E-state index contributed by atoms with van der Waals surface area (Å²) >= 11 is 3.70. The van der Waals surface area contributed by atoms with Crippen LogP contribution in [0.15, 0.2) is 4.47 Å². The summed E-state index contributed by atoms with van der Waals surface area (Å²) in [5, 5.41) is 4.56. The smallest absolute Gasteiger partial charge is 0.0767 e. The second-order valence-corrected chi connectivity index (χ2v) is 6.32. The third kappa shape index (κ3) is 2.43. The van der Waals surface area contributed by atoms with Crippen LogP contribution in [-0.2, 0) is 20.0 Å². The molecule has 96 valence electrons. The zero-order valence-corrected chi connectivity index (χ0v) is 12.8. The maximum Gasteiger partial charge on any atom is 0.0767 e. The predicted octanol–water partition coefficient (Wildman–Crippen LogP) is 3.12. The molecule has 0 saturated carbocycles. The van der Waals surface area contributed by atoms with E-state index >= 15 is 0 Å². The third-order valence-corrected chi connectivity index (χ3v) is 4.83. The van der Waals surface area contributed by atoms with Crippen LogP contribution in [0.3, 0.4) is 0 Å². The van der Waals surface area contributed by atoms with E-state index in [1.165, 1.54) is 35.2 Å². The minimum absolute atomic E-state index is 0.329. The highest BCUT2D eigenvalue weighted by Crippen LogP contribution is 2.32. The fourth-order valence-corrected chi connectivity index (χ4v) is 3.37. The van der Waals surface area contributed by atoms with Crippen molar-refractivity contribution < 1.29 is 0 Å². The summed E-state index contributed by atoms with van der Waals surface area (Å²) in [6, 6.07) is 0. The van der Waals surface area contributed by atoms with Gasteiger partial charge in [0.15, 0.2) is 0 Å². The Bertz CT molecular complexity index is 409. The van der Waals surface area contributed by atoms with Crippen LogP contribution in [0.5, 0.6) is 0 Å². The molecule has 2 heterocycles. The Balaban J connectivity index is 2.21. The lowest BCUT2D eigenvalue weighted by molar-refractivity contribution is 0.162. The van der Waals surface area contributed by atoms with Gasteiger partial charge in [0, 0.05) is 19.1 Å². The molecule has 1 aliphatic heterocycles. The van der Waals surface area contributed by atoms with Gasteiger partial charge in [-0.3, -0.25) is 9.58 Å². The van der Waals surface area contributed by atoms with E-state index in [4.69, 9.17) is 0 Å². The number of rotatable bonds is 3. The molecule has 1 aromatic heterocycles. The highest BCUT2D eigenvalue weighted by molar-refractivity contribution is 9.10. The quantitative estimate of drug-likeness (QED) is 0.855. The summed E-state index contributed by atoms with van der Waals surface area (Å²) in [4.78, 5) is 2.56. The van der Waals surface area contributed by atoms with Crippen molar-refractivity contribution in [3.8, 4) is 0 Å². The van der Waals surface area contributed by atoms with Crippen molar-refractivity contribution in [1.29, 1.82) is 0 Å². The molecule has 2 rings (SSSR count). The molecule has 0 amide bonds. The molecule has 0 spiro atoms. The molecule has 0 aliphatic carbocycles. The van der Waals surface area contributed by atoms with Gasteiger partial charge in [0.25, 0.3) is 0 Å². The Morgan fingerprint density at radius 2 is 2.12 bits per heavy atom. The predicted molar refractivity (Wildman–Crippen MR) is 74.0 cm³/mol. The number of aromatic nitrogens is 2. The molecule has 0 aromatic carbocycles. The molecule has 3 nitrogen and oxygen atoms in total. The van der Waals surface area contributed by atoms with Crippen molar-refractivity contribution in [2.75, 3.05) is 6.54 Å². The standard InChI is InChI=1S/C13H22BrN3/c1-5-10-12(14)11(16(4)15-10)9-17-8-6-7-13(17,2)3/h5-9H2,1-4H3. The molecular weight excluding hydrogens is 278 g/mol. The minimum atomic E-state index is 0.329. The average molecular weight is 300 g/mol. The Morgan fingerprint density at radius 3 is 2.59 bits per heavy atom. The SMILES string of the molecule is CCc1nn(C)c(CN2CCCC2(C)C)c1Br. The molecule has 0 radical (unpaired) electrons. The van der Waals surface area contributed by atoms with Gasteiger partial charge < -0.3 is 0 Å². The fraction of sp³-hybridized carbons (Fsp3) is 0.769. The summed E-state index contributed by atoms with van der Waals surface area (Å²) in [7, 11) is 2.04. The van der Waals surface area contributed by atoms with E-state index in [9.17, 15) is 0 Å². The summed E-state index contributed by atoms with van der Waals surface area (Å²) in [6.07, 6.45) is 3.59. The second-order valence-electron chi connectivity index (χ2n) is 5.52. The molecule has 1 fully saturated rings. The van der Waals surface area contributed by atoms with Crippen molar-refractivity contribution in [1.82, 2.24) is 14.7 Å². The van der Waals surface area contributed by atoms with Crippen molar-refractivity contribution in [2.45, 2.75) is 52.1 Å². The van der Waals surface area contributed by atoms with E-state index in [0.717, 1.165) is 13.0 Å². The van der Waals surface area contributed by atoms with Crippen LogP contribution in [0.2, 0.25) is 0 Å². The number of hydrogen-bond acceptors (Lipinski definition) is 2. The van der Waals surface area contributed by atoms with Crippen molar-refractivity contribution in [3.05, 3.63) is 15.9 Å². The molecular formula is C13H22BrN3. The van der Waals surface area contributed by atoms with E-state index in [-0.39, 0.29) is 0 Å². The topological polar surface area (TPSA) is 21.1 Å². The molecule has 1 saturated heterocycles. The number of hydrogen-bond donors (Lipinski definition) is 0. The first-order valence-electron chi connectivity index (χ1n) is 6.41. The molecule has 0 atom stereocenters. The first-order valence-corrected chi connectivity index (χ1v) is 7.20. The summed E-state index contributed by atoms with van der Waals surface area (Å²) in [5.74, 6) is 0. The van der Waals surface area contributed by atoms with E-state index in [2.05, 4.69) is 46.7 Å². The zero-order chi connectivity index (χ0) is 12.6. The first kappa shape index (κ1) is 13.1. The summed E-state index contributed by atoms with van der Waals surface area (Å²) in [5.41, 5.74) is 2.80. The van der Waals surface area contributed by atoms with Crippen LogP contribution in [0.4, 0.5) is 0 Å². The second kappa shape index (κ2) is 4.73. The lowest BCUT2D eigenvalue weighted by Crippen LogP contribution is -2.38. The summed E-state index contributed by atoms with van der Waals surface area (Å²) < 4.78 is 3.22. The summed E-state index contributed by atoms with van der Waals surface area (Å²) in [6.45, 7) is 9.02. The van der Waals surface area contributed by atoms with E-state index in [0.29, 0.717) is 5.54 Å². The Morgan fingerprint density at radius 1 is 1.41 bits per heavy atom. The third-order valence-electron chi connectivity index (χ3n) is 3.92. The average Bonchev–Trinajstić information content (AvgIpc) is 2.72. The van der Waals surface area contributed by atoms with Crippen LogP contribution >= 0.6 is 15.9 Å². The molecule has 4 heteroatoms. The van der Waals surface area contributed by atoms with Crippen LogP contribution in [-0.4, -0.2) is 26.8 Å². The van der Waals surface area contributed by atoms with Crippen LogP contribution in [0, 0.1) is 0 Å². The first-order chi connectivity index (χ1) is 7.95. The lowest BCUT2D eigenvalue weighted by Gasteiger charge is -2.31. The van der Waals surface area contributed by atoms with Gasteiger partial charge in [-0.25, -0.2) is 0 Å². The fourth-order valence-electron chi connectivity index (χ4n) is 2.63. The molecule has 0 bridgehead atoms. The van der Waals surface area contributed by atoms with Gasteiger partial charge in [0.1, 0.15) is 0 Å². The van der Waals surface area contributed by atoms with Gasteiger partial charge in [-0.05, 0) is 55.6 Å². The molecule has 0 unspecified atom stereocenters. The van der Waals surface area contributed by atoms with Crippen LogP contribution in [0.1, 0.15) is 45.0 Å². The molecule has 1 aromatic rings. The lowest BCUT2D eigenvalue weighted by atomic mass is 10.0. The number of halogens is 1. The van der Waals surface area contributed by atoms with Gasteiger partial charge in [-0.1, -0.05) is 6.92 Å². The Labute approximate surface area is 112 Å². The Kier molecular flexibility index (Phi) is 3.64. The van der Waals surface area contributed by atoms with Gasteiger partial charge in [0.2, 0.25) is 0 Å². The number of nitrogens with zero attached hydrogens (tertiary/aromatic N) is 3. The van der Waals surface area contributed by atoms with Gasteiger partial charge in [-0.15, -0.1) is 0 Å². The van der Waals surface area contributed by atoms with E-state index in [1.54, 1.807) is 0 Å². The minimum Gasteiger partial charge on any atom is -0.292 e. The van der Waals surface area contributed by atoms with Crippen LogP contribution in [0.25, 0.3) is 0 Å². The maximum absolute atomic E-state index is 4.56. The zero-order valence-electron chi connectivity index (χ0n) is 11.3. The monoisotopic (exact) mass is 299 g/mol. The van der Waals surface area contributed by atoms with Crippen molar-refractivity contribution >= 4 is 15.9 Å². The largest absolute Gasteiger partial charge is 0.292 e. The highest BCUT2D eigenvalue weighted by atomic mass is 79.9. The number of aryl methyl sites for hydroxylation is 2. The van der Waals surface area contributed by atoms with E-state index in [1.807, 2.05) is 11.7 Å². The van der Waals surface area contributed by atoms with Crippen molar-refractivity contribution in [3.63, 3.8) is 0 Å². The molecule has 0 N–H and O–H groups in total. The van der Waals surface area contributed by atoms with Gasteiger partial charge in [0.05, 0.1) is 15.9 Å². The molecule has 17 heavy (non-hydrogen) atoms. The van der Waals surface area contributed by atoms with Crippen LogP contribution < -0.4 is 0 Å². The highest BCUT2D eigenvalue weighted by Gasteiger charge is 2.32. The van der Waals surface area contributed by atoms with Gasteiger partial charge in [-0.2, -0.15) is 5.10 Å². The maximum atomic E-state index is 4.56. The normalized spacial score (nSPS) is 20.1. The molecule has 1 aliphatic rings.